The summed E-state index contributed by atoms with van der Waals surface area (Å²) in [5, 5.41) is 10.3. The predicted molar refractivity (Wildman–Crippen MR) is 110 cm³/mol. The van der Waals surface area contributed by atoms with Gasteiger partial charge in [-0.15, -0.1) is 0 Å². The van der Waals surface area contributed by atoms with E-state index in [0.717, 1.165) is 35.5 Å². The molecule has 25 heavy (non-hydrogen) atoms. The van der Waals surface area contributed by atoms with Crippen molar-refractivity contribution in [3.63, 3.8) is 0 Å². The molecule has 1 nitrogen and oxygen atoms in total. The predicted octanol–water partition coefficient (Wildman–Crippen LogP) is 6.93. The molecule has 4 rings (SSSR count). The van der Waals surface area contributed by atoms with Crippen LogP contribution in [0.1, 0.15) is 99.8 Å². The van der Waals surface area contributed by atoms with Crippen molar-refractivity contribution in [2.45, 2.75) is 106 Å². The van der Waals surface area contributed by atoms with E-state index >= 15 is 0 Å². The van der Waals surface area contributed by atoms with Crippen LogP contribution >= 0.6 is 0 Å². The van der Waals surface area contributed by atoms with E-state index < -0.39 is 0 Å². The number of rotatable bonds is 1. The molecule has 9 unspecified atom stereocenters. The van der Waals surface area contributed by atoms with Crippen molar-refractivity contribution in [1.29, 1.82) is 0 Å². The maximum absolute atomic E-state index is 10.3. The molecular formula is C24H46O. The summed E-state index contributed by atoms with van der Waals surface area (Å²) >= 11 is 0. The van der Waals surface area contributed by atoms with Crippen molar-refractivity contribution in [2.75, 3.05) is 0 Å². The second-order valence-corrected chi connectivity index (χ2v) is 9.82. The summed E-state index contributed by atoms with van der Waals surface area (Å²) in [5.41, 5.74) is 0.449. The van der Waals surface area contributed by atoms with Crippen molar-refractivity contribution in [1.82, 2.24) is 0 Å². The normalized spacial score (nSPS) is 49.4. The molecule has 0 spiro atoms. The molecule has 0 saturated heterocycles. The van der Waals surface area contributed by atoms with Gasteiger partial charge >= 0.3 is 0 Å². The highest BCUT2D eigenvalue weighted by molar-refractivity contribution is 5.06. The Kier molecular flexibility index (Phi) is 7.08. The number of aliphatic hydroxyl groups excluding tert-OH is 1. The van der Waals surface area contributed by atoms with Gasteiger partial charge < -0.3 is 5.11 Å². The summed E-state index contributed by atoms with van der Waals surface area (Å²) in [6, 6.07) is 0. The van der Waals surface area contributed by atoms with Crippen molar-refractivity contribution in [3.8, 4) is 0 Å². The third-order valence-electron chi connectivity index (χ3n) is 8.87. The van der Waals surface area contributed by atoms with Gasteiger partial charge in [-0.2, -0.15) is 0 Å². The molecule has 0 bridgehead atoms. The summed E-state index contributed by atoms with van der Waals surface area (Å²) in [4.78, 5) is 0. The highest BCUT2D eigenvalue weighted by Gasteiger charge is 2.57. The SMILES string of the molecule is C.CC.CC1CCC2C(CCC3C2CCC2(C)C(C(C)O)CCC32)C1. The van der Waals surface area contributed by atoms with E-state index in [4.69, 9.17) is 0 Å². The largest absolute Gasteiger partial charge is 0.393 e. The van der Waals surface area contributed by atoms with Gasteiger partial charge in [-0.1, -0.05) is 41.5 Å². The van der Waals surface area contributed by atoms with Gasteiger partial charge in [0.05, 0.1) is 6.10 Å². The van der Waals surface area contributed by atoms with Crippen LogP contribution in [0.5, 0.6) is 0 Å². The van der Waals surface area contributed by atoms with Gasteiger partial charge in [-0.05, 0) is 105 Å². The molecule has 0 aromatic rings. The molecule has 0 aromatic carbocycles. The van der Waals surface area contributed by atoms with Gasteiger partial charge in [-0.25, -0.2) is 0 Å². The van der Waals surface area contributed by atoms with Crippen LogP contribution in [-0.4, -0.2) is 11.2 Å². The fraction of sp³-hybridized carbons (Fsp3) is 1.00. The van der Waals surface area contributed by atoms with Crippen molar-refractivity contribution < 1.29 is 5.11 Å². The van der Waals surface area contributed by atoms with E-state index in [1.54, 1.807) is 0 Å². The fourth-order valence-electron chi connectivity index (χ4n) is 7.92. The quantitative estimate of drug-likeness (QED) is 0.543. The summed E-state index contributed by atoms with van der Waals surface area (Å²) < 4.78 is 0. The lowest BCUT2D eigenvalue weighted by molar-refractivity contribution is -0.0813. The number of hydrogen-bond acceptors (Lipinski definition) is 1. The monoisotopic (exact) mass is 350 g/mol. The second kappa shape index (κ2) is 8.32. The molecule has 4 aliphatic carbocycles. The molecule has 148 valence electrons. The molecule has 0 aliphatic heterocycles. The number of hydrogen-bond donors (Lipinski definition) is 1. The average molecular weight is 351 g/mol. The third kappa shape index (κ3) is 3.56. The van der Waals surface area contributed by atoms with Crippen LogP contribution in [0.3, 0.4) is 0 Å². The molecule has 9 atom stereocenters. The first-order chi connectivity index (χ1) is 11.5. The van der Waals surface area contributed by atoms with Gasteiger partial charge in [0.1, 0.15) is 0 Å². The maximum Gasteiger partial charge on any atom is 0.0545 e. The lowest BCUT2D eigenvalue weighted by Gasteiger charge is -2.56. The van der Waals surface area contributed by atoms with Crippen LogP contribution in [0.15, 0.2) is 0 Å². The molecule has 1 heteroatoms. The molecule has 0 radical (unpaired) electrons. The second-order valence-electron chi connectivity index (χ2n) is 9.82. The Balaban J connectivity index is 0.000000726. The van der Waals surface area contributed by atoms with E-state index in [2.05, 4.69) is 13.8 Å². The van der Waals surface area contributed by atoms with Crippen LogP contribution in [0, 0.1) is 46.8 Å². The Bertz CT molecular complexity index is 416. The molecule has 1 N–H and O–H groups in total. The summed E-state index contributed by atoms with van der Waals surface area (Å²) in [6.45, 7) is 11.1. The zero-order valence-electron chi connectivity index (χ0n) is 16.9. The molecular weight excluding hydrogens is 304 g/mol. The molecule has 0 amide bonds. The van der Waals surface area contributed by atoms with Gasteiger partial charge in [0.25, 0.3) is 0 Å². The Morgan fingerprint density at radius 3 is 2.24 bits per heavy atom. The lowest BCUT2D eigenvalue weighted by Crippen LogP contribution is -2.49. The number of fused-ring (bicyclic) bond motifs is 5. The van der Waals surface area contributed by atoms with Crippen LogP contribution < -0.4 is 0 Å². The van der Waals surface area contributed by atoms with Crippen LogP contribution in [0.25, 0.3) is 0 Å². The van der Waals surface area contributed by atoms with Crippen molar-refractivity contribution >= 4 is 0 Å². The average Bonchev–Trinajstić information content (AvgIpc) is 2.93. The highest BCUT2D eigenvalue weighted by Crippen LogP contribution is 2.64. The zero-order valence-corrected chi connectivity index (χ0v) is 16.9. The first-order valence-electron chi connectivity index (χ1n) is 11.2. The highest BCUT2D eigenvalue weighted by atomic mass is 16.3. The molecule has 4 aliphatic rings. The third-order valence-corrected chi connectivity index (χ3v) is 8.87. The van der Waals surface area contributed by atoms with E-state index in [0.29, 0.717) is 11.3 Å². The molecule has 4 fully saturated rings. The van der Waals surface area contributed by atoms with E-state index in [1.807, 2.05) is 20.8 Å². The van der Waals surface area contributed by atoms with Crippen LogP contribution in [0.2, 0.25) is 0 Å². The number of aliphatic hydroxyl groups is 1. The van der Waals surface area contributed by atoms with E-state index in [1.165, 1.54) is 57.8 Å². The minimum atomic E-state index is -0.0987. The topological polar surface area (TPSA) is 20.2 Å². The van der Waals surface area contributed by atoms with E-state index in [-0.39, 0.29) is 13.5 Å². The molecule has 0 heterocycles. The Morgan fingerprint density at radius 2 is 1.56 bits per heavy atom. The summed E-state index contributed by atoms with van der Waals surface area (Å²) in [5.74, 6) is 6.63. The zero-order chi connectivity index (χ0) is 17.5. The fourth-order valence-corrected chi connectivity index (χ4v) is 7.92. The minimum absolute atomic E-state index is 0. The van der Waals surface area contributed by atoms with Crippen molar-refractivity contribution in [2.24, 2.45) is 46.8 Å². The smallest absolute Gasteiger partial charge is 0.0545 e. The Labute approximate surface area is 158 Å². The summed E-state index contributed by atoms with van der Waals surface area (Å²) in [6.07, 6.45) is 13.0. The van der Waals surface area contributed by atoms with Gasteiger partial charge in [-0.3, -0.25) is 0 Å². The minimum Gasteiger partial charge on any atom is -0.393 e. The Hall–Kier alpha value is -0.0400. The Morgan fingerprint density at radius 1 is 0.880 bits per heavy atom. The first kappa shape index (κ1) is 21.3. The molecule has 0 aromatic heterocycles. The first-order valence-corrected chi connectivity index (χ1v) is 11.2. The lowest BCUT2D eigenvalue weighted by atomic mass is 9.49. The van der Waals surface area contributed by atoms with Crippen LogP contribution in [-0.2, 0) is 0 Å². The van der Waals surface area contributed by atoms with Crippen molar-refractivity contribution in [3.05, 3.63) is 0 Å². The maximum atomic E-state index is 10.3. The summed E-state index contributed by atoms with van der Waals surface area (Å²) in [7, 11) is 0. The van der Waals surface area contributed by atoms with Gasteiger partial charge in [0.15, 0.2) is 0 Å². The van der Waals surface area contributed by atoms with Crippen LogP contribution in [0.4, 0.5) is 0 Å². The van der Waals surface area contributed by atoms with E-state index in [9.17, 15) is 5.11 Å². The standard InChI is InChI=1S/C21H36O.C2H6.CH4/c1-13-4-6-16-15(12-13)5-7-18-17(16)10-11-21(3)19(14(2)22)8-9-20(18)21;1-2;/h13-20,22H,4-12H2,1-3H3;1-2H3;1H4. The van der Waals surface area contributed by atoms with Gasteiger partial charge in [0.2, 0.25) is 0 Å². The van der Waals surface area contributed by atoms with Gasteiger partial charge in [0, 0.05) is 0 Å². The molecule has 4 saturated carbocycles.